The maximum atomic E-state index is 13.5. The van der Waals surface area contributed by atoms with Gasteiger partial charge in [0.2, 0.25) is 0 Å². The standard InChI is InChI=1S/C19H18F2N2O/c1-19(2,11-23-18(24)12-4-3-5-13(20)8-12)16-10-22-17-7-6-14(21)9-15(16)17/h3-10,22H,11H2,1-2H3,(H,23,24). The van der Waals surface area contributed by atoms with Gasteiger partial charge in [0.05, 0.1) is 0 Å². The summed E-state index contributed by atoms with van der Waals surface area (Å²) >= 11 is 0. The van der Waals surface area contributed by atoms with Gasteiger partial charge in [0.25, 0.3) is 5.91 Å². The summed E-state index contributed by atoms with van der Waals surface area (Å²) in [5, 5.41) is 3.61. The minimum Gasteiger partial charge on any atom is -0.361 e. The molecule has 0 saturated carbocycles. The molecule has 24 heavy (non-hydrogen) atoms. The Hall–Kier alpha value is -2.69. The molecule has 3 rings (SSSR count). The highest BCUT2D eigenvalue weighted by molar-refractivity contribution is 5.94. The molecule has 0 bridgehead atoms. The number of H-pyrrole nitrogens is 1. The van der Waals surface area contributed by atoms with Crippen LogP contribution in [0.3, 0.4) is 0 Å². The van der Waals surface area contributed by atoms with E-state index in [9.17, 15) is 13.6 Å². The van der Waals surface area contributed by atoms with Crippen LogP contribution in [-0.2, 0) is 5.41 Å². The van der Waals surface area contributed by atoms with Crippen LogP contribution in [0.2, 0.25) is 0 Å². The van der Waals surface area contributed by atoms with Gasteiger partial charge in [0.1, 0.15) is 11.6 Å². The van der Waals surface area contributed by atoms with E-state index in [-0.39, 0.29) is 17.3 Å². The normalized spacial score (nSPS) is 11.7. The first-order valence-electron chi connectivity index (χ1n) is 7.68. The number of benzene rings is 2. The molecule has 0 atom stereocenters. The summed E-state index contributed by atoms with van der Waals surface area (Å²) in [6.07, 6.45) is 1.83. The Morgan fingerprint density at radius 2 is 1.88 bits per heavy atom. The van der Waals surface area contributed by atoms with Gasteiger partial charge in [-0.15, -0.1) is 0 Å². The highest BCUT2D eigenvalue weighted by Crippen LogP contribution is 2.30. The molecule has 3 aromatic rings. The predicted octanol–water partition coefficient (Wildman–Crippen LogP) is 4.15. The van der Waals surface area contributed by atoms with Gasteiger partial charge < -0.3 is 10.3 Å². The van der Waals surface area contributed by atoms with Crippen LogP contribution < -0.4 is 5.32 Å². The van der Waals surface area contributed by atoms with Crippen molar-refractivity contribution in [1.29, 1.82) is 0 Å². The largest absolute Gasteiger partial charge is 0.361 e. The first-order valence-corrected chi connectivity index (χ1v) is 7.68. The van der Waals surface area contributed by atoms with Crippen LogP contribution >= 0.6 is 0 Å². The third-order valence-corrected chi connectivity index (χ3v) is 4.15. The number of aromatic amines is 1. The van der Waals surface area contributed by atoms with E-state index < -0.39 is 11.2 Å². The minimum absolute atomic E-state index is 0.274. The third kappa shape index (κ3) is 3.15. The zero-order valence-corrected chi connectivity index (χ0v) is 13.5. The first kappa shape index (κ1) is 16.2. The van der Waals surface area contributed by atoms with E-state index in [0.717, 1.165) is 16.5 Å². The molecule has 0 spiro atoms. The summed E-state index contributed by atoms with van der Waals surface area (Å²) in [6, 6.07) is 10.1. The lowest BCUT2D eigenvalue weighted by atomic mass is 9.84. The van der Waals surface area contributed by atoms with Crippen molar-refractivity contribution < 1.29 is 13.6 Å². The Morgan fingerprint density at radius 1 is 1.12 bits per heavy atom. The van der Waals surface area contributed by atoms with E-state index in [0.29, 0.717) is 6.54 Å². The zero-order valence-electron chi connectivity index (χ0n) is 13.5. The number of rotatable bonds is 4. The molecule has 1 aromatic heterocycles. The summed E-state index contributed by atoms with van der Waals surface area (Å²) < 4.78 is 26.8. The Bertz CT molecular complexity index is 899. The molecule has 0 fully saturated rings. The maximum absolute atomic E-state index is 13.5. The quantitative estimate of drug-likeness (QED) is 0.742. The molecule has 1 heterocycles. The lowest BCUT2D eigenvalue weighted by molar-refractivity contribution is 0.0945. The second kappa shape index (κ2) is 6.07. The molecule has 0 unspecified atom stereocenters. The Labute approximate surface area is 138 Å². The predicted molar refractivity (Wildman–Crippen MR) is 90.0 cm³/mol. The third-order valence-electron chi connectivity index (χ3n) is 4.15. The number of hydrogen-bond donors (Lipinski definition) is 2. The first-order chi connectivity index (χ1) is 11.4. The second-order valence-corrected chi connectivity index (χ2v) is 6.47. The average Bonchev–Trinajstić information content (AvgIpc) is 2.96. The summed E-state index contributed by atoms with van der Waals surface area (Å²) in [4.78, 5) is 15.3. The molecule has 2 aromatic carbocycles. The summed E-state index contributed by atoms with van der Waals surface area (Å²) in [5.74, 6) is -1.09. The fraction of sp³-hybridized carbons (Fsp3) is 0.211. The van der Waals surface area contributed by atoms with Crippen molar-refractivity contribution in [2.24, 2.45) is 0 Å². The van der Waals surface area contributed by atoms with Crippen molar-refractivity contribution in [3.05, 3.63) is 71.4 Å². The smallest absolute Gasteiger partial charge is 0.251 e. The van der Waals surface area contributed by atoms with Crippen LogP contribution in [-0.4, -0.2) is 17.4 Å². The Balaban J connectivity index is 1.80. The average molecular weight is 328 g/mol. The van der Waals surface area contributed by atoms with E-state index in [2.05, 4.69) is 10.3 Å². The lowest BCUT2D eigenvalue weighted by Gasteiger charge is -2.25. The Kier molecular flexibility index (Phi) is 4.09. The lowest BCUT2D eigenvalue weighted by Crippen LogP contribution is -2.36. The van der Waals surface area contributed by atoms with Gasteiger partial charge in [-0.25, -0.2) is 8.78 Å². The van der Waals surface area contributed by atoms with Crippen molar-refractivity contribution in [3.63, 3.8) is 0 Å². The van der Waals surface area contributed by atoms with Crippen molar-refractivity contribution >= 4 is 16.8 Å². The molecular weight excluding hydrogens is 310 g/mol. The monoisotopic (exact) mass is 328 g/mol. The molecule has 124 valence electrons. The fourth-order valence-corrected chi connectivity index (χ4v) is 2.78. The number of amides is 1. The SMILES string of the molecule is CC(C)(CNC(=O)c1cccc(F)c1)c1c[nH]c2ccc(F)cc12. The van der Waals surface area contributed by atoms with Crippen LogP contribution in [0.15, 0.2) is 48.7 Å². The van der Waals surface area contributed by atoms with Gasteiger partial charge in [-0.3, -0.25) is 4.79 Å². The summed E-state index contributed by atoms with van der Waals surface area (Å²) in [7, 11) is 0. The Morgan fingerprint density at radius 3 is 2.62 bits per heavy atom. The number of carbonyl (C=O) groups excluding carboxylic acids is 1. The number of halogens is 2. The van der Waals surface area contributed by atoms with Crippen LogP contribution in [0, 0.1) is 11.6 Å². The van der Waals surface area contributed by atoms with Crippen molar-refractivity contribution in [1.82, 2.24) is 10.3 Å². The van der Waals surface area contributed by atoms with E-state index in [4.69, 9.17) is 0 Å². The number of nitrogens with one attached hydrogen (secondary N) is 2. The number of hydrogen-bond acceptors (Lipinski definition) is 1. The van der Waals surface area contributed by atoms with Crippen molar-refractivity contribution in [2.75, 3.05) is 6.54 Å². The molecule has 3 nitrogen and oxygen atoms in total. The van der Waals surface area contributed by atoms with Crippen LogP contribution in [0.1, 0.15) is 29.8 Å². The van der Waals surface area contributed by atoms with Gasteiger partial charge in [0.15, 0.2) is 0 Å². The van der Waals surface area contributed by atoms with Gasteiger partial charge in [-0.1, -0.05) is 19.9 Å². The van der Waals surface area contributed by atoms with E-state index in [1.807, 2.05) is 20.0 Å². The highest BCUT2D eigenvalue weighted by atomic mass is 19.1. The van der Waals surface area contributed by atoms with Gasteiger partial charge in [-0.2, -0.15) is 0 Å². The molecule has 0 radical (unpaired) electrons. The number of carbonyl (C=O) groups is 1. The maximum Gasteiger partial charge on any atom is 0.251 e. The highest BCUT2D eigenvalue weighted by Gasteiger charge is 2.25. The molecule has 5 heteroatoms. The van der Waals surface area contributed by atoms with E-state index in [1.54, 1.807) is 12.1 Å². The molecular formula is C19H18F2N2O. The molecule has 2 N–H and O–H groups in total. The minimum atomic E-state index is -0.450. The summed E-state index contributed by atoms with van der Waals surface area (Å²) in [5.41, 5.74) is 1.61. The summed E-state index contributed by atoms with van der Waals surface area (Å²) in [6.45, 7) is 4.27. The molecule has 0 aliphatic heterocycles. The zero-order chi connectivity index (χ0) is 17.3. The van der Waals surface area contributed by atoms with Crippen molar-refractivity contribution in [2.45, 2.75) is 19.3 Å². The van der Waals surface area contributed by atoms with Gasteiger partial charge in [0, 0.05) is 34.6 Å². The van der Waals surface area contributed by atoms with Gasteiger partial charge in [-0.05, 0) is 42.0 Å². The van der Waals surface area contributed by atoms with Crippen LogP contribution in [0.5, 0.6) is 0 Å². The van der Waals surface area contributed by atoms with Crippen LogP contribution in [0.4, 0.5) is 8.78 Å². The fourth-order valence-electron chi connectivity index (χ4n) is 2.78. The van der Waals surface area contributed by atoms with E-state index >= 15 is 0 Å². The second-order valence-electron chi connectivity index (χ2n) is 6.47. The molecule has 1 amide bonds. The number of aromatic nitrogens is 1. The van der Waals surface area contributed by atoms with Gasteiger partial charge >= 0.3 is 0 Å². The van der Waals surface area contributed by atoms with Crippen molar-refractivity contribution in [3.8, 4) is 0 Å². The molecule has 0 saturated heterocycles. The topological polar surface area (TPSA) is 44.9 Å². The molecule has 0 aliphatic carbocycles. The molecule has 0 aliphatic rings. The van der Waals surface area contributed by atoms with Crippen LogP contribution in [0.25, 0.3) is 10.9 Å². The van der Waals surface area contributed by atoms with E-state index in [1.165, 1.54) is 30.3 Å². The number of fused-ring (bicyclic) bond motifs is 1.